The number of rotatable bonds is 13. The summed E-state index contributed by atoms with van der Waals surface area (Å²) < 4.78 is 13.6. The molecule has 3 aromatic rings. The zero-order valence-corrected chi connectivity index (χ0v) is 22.3. The molecule has 0 bridgehead atoms. The third kappa shape index (κ3) is 8.12. The number of carbonyl (C=O) groups is 2. The zero-order valence-electron chi connectivity index (χ0n) is 22.3. The number of hydrogen-bond acceptors (Lipinski definition) is 10. The highest BCUT2D eigenvalue weighted by atomic mass is 16.5. The van der Waals surface area contributed by atoms with Crippen molar-refractivity contribution in [2.75, 3.05) is 33.2 Å². The number of imidazole rings is 2. The minimum absolute atomic E-state index is 0.343. The lowest BCUT2D eigenvalue weighted by atomic mass is 10.1. The Kier molecular flexibility index (Phi) is 9.75. The van der Waals surface area contributed by atoms with Gasteiger partial charge in [0.05, 0.1) is 49.6 Å². The minimum Gasteiger partial charge on any atom is -0.468 e. The number of aryl methyl sites for hydroxylation is 2. The Morgan fingerprint density at radius 1 is 0.838 bits per heavy atom. The molecule has 0 unspecified atom stereocenters. The molecule has 0 saturated heterocycles. The van der Waals surface area contributed by atoms with E-state index < -0.39 is 12.1 Å². The van der Waals surface area contributed by atoms with Crippen LogP contribution in [0.1, 0.15) is 22.8 Å². The van der Waals surface area contributed by atoms with E-state index in [0.29, 0.717) is 25.9 Å². The molecular formula is C25H36N8O4. The van der Waals surface area contributed by atoms with Gasteiger partial charge in [0.15, 0.2) is 0 Å². The molecule has 0 radical (unpaired) electrons. The molecule has 0 aliphatic carbocycles. The summed E-state index contributed by atoms with van der Waals surface area (Å²) in [5.41, 5.74) is 4.01. The summed E-state index contributed by atoms with van der Waals surface area (Å²) in [7, 11) is 10.4. The van der Waals surface area contributed by atoms with Crippen molar-refractivity contribution < 1.29 is 19.1 Å². The standard InChI is InChI=1S/C25H36N8O4/c1-31(2)21-7-17(11-26-22(24(34)36-5)9-19-13-32(3)15-28-19)30-18(8-21)12-27-23(25(35)37-6)10-20-14-33(4)16-29-20/h7-8,13-16,22-23,26-27H,9-12H2,1-6H3/t22-,23-/m0/s1. The maximum absolute atomic E-state index is 12.4. The monoisotopic (exact) mass is 512 g/mol. The molecule has 3 aromatic heterocycles. The molecule has 0 saturated carbocycles. The third-order valence-electron chi connectivity index (χ3n) is 5.81. The highest BCUT2D eigenvalue weighted by Crippen LogP contribution is 2.16. The molecule has 200 valence electrons. The Morgan fingerprint density at radius 3 is 1.59 bits per heavy atom. The molecule has 12 nitrogen and oxygen atoms in total. The zero-order chi connectivity index (χ0) is 26.9. The number of carbonyl (C=O) groups excluding carboxylic acids is 2. The molecule has 12 heteroatoms. The average Bonchev–Trinajstić information content (AvgIpc) is 3.49. The molecule has 0 amide bonds. The largest absolute Gasteiger partial charge is 0.468 e. The fourth-order valence-corrected chi connectivity index (χ4v) is 3.85. The van der Waals surface area contributed by atoms with Crippen molar-refractivity contribution in [3.05, 3.63) is 60.0 Å². The summed E-state index contributed by atoms with van der Waals surface area (Å²) >= 11 is 0. The summed E-state index contributed by atoms with van der Waals surface area (Å²) in [6.07, 6.45) is 7.91. The SMILES string of the molecule is COC(=O)[C@H](Cc1cn(C)cn1)NCc1cc(N(C)C)cc(CN[C@@H](Cc2cn(C)cn2)C(=O)OC)n1. The van der Waals surface area contributed by atoms with Gasteiger partial charge in [-0.15, -0.1) is 0 Å². The molecule has 37 heavy (non-hydrogen) atoms. The third-order valence-corrected chi connectivity index (χ3v) is 5.81. The first-order chi connectivity index (χ1) is 17.7. The number of nitrogens with zero attached hydrogens (tertiary/aromatic N) is 6. The van der Waals surface area contributed by atoms with E-state index in [4.69, 9.17) is 14.5 Å². The fourth-order valence-electron chi connectivity index (χ4n) is 3.85. The number of methoxy groups -OCH3 is 2. The van der Waals surface area contributed by atoms with Crippen molar-refractivity contribution in [2.45, 2.75) is 38.0 Å². The normalized spacial score (nSPS) is 12.7. The second-order valence-corrected chi connectivity index (χ2v) is 9.08. The van der Waals surface area contributed by atoms with Crippen LogP contribution < -0.4 is 15.5 Å². The summed E-state index contributed by atoms with van der Waals surface area (Å²) in [6.45, 7) is 0.686. The van der Waals surface area contributed by atoms with Crippen LogP contribution in [0.3, 0.4) is 0 Å². The van der Waals surface area contributed by atoms with Gasteiger partial charge in [0.1, 0.15) is 12.1 Å². The van der Waals surface area contributed by atoms with E-state index in [-0.39, 0.29) is 11.9 Å². The van der Waals surface area contributed by atoms with Gasteiger partial charge < -0.3 is 23.5 Å². The highest BCUT2D eigenvalue weighted by molar-refractivity contribution is 5.76. The Morgan fingerprint density at radius 2 is 1.27 bits per heavy atom. The topological polar surface area (TPSA) is 128 Å². The molecule has 3 rings (SSSR count). The molecular weight excluding hydrogens is 476 g/mol. The number of ether oxygens (including phenoxy) is 2. The second-order valence-electron chi connectivity index (χ2n) is 9.08. The van der Waals surface area contributed by atoms with Gasteiger partial charge in [-0.25, -0.2) is 9.97 Å². The van der Waals surface area contributed by atoms with Crippen LogP contribution in [0.5, 0.6) is 0 Å². The van der Waals surface area contributed by atoms with Crippen molar-refractivity contribution in [1.82, 2.24) is 34.7 Å². The van der Waals surface area contributed by atoms with E-state index in [1.165, 1.54) is 14.2 Å². The number of esters is 2. The summed E-state index contributed by atoms with van der Waals surface area (Å²) in [5, 5.41) is 6.51. The lowest BCUT2D eigenvalue weighted by molar-refractivity contribution is -0.144. The van der Waals surface area contributed by atoms with Crippen LogP contribution in [0.4, 0.5) is 5.69 Å². The number of anilines is 1. The Hall–Kier alpha value is -3.77. The molecule has 2 N–H and O–H groups in total. The number of hydrogen-bond donors (Lipinski definition) is 2. The summed E-state index contributed by atoms with van der Waals surface area (Å²) in [6, 6.07) is 2.76. The van der Waals surface area contributed by atoms with Crippen LogP contribution in [-0.4, -0.2) is 76.4 Å². The second kappa shape index (κ2) is 13.0. The van der Waals surface area contributed by atoms with E-state index in [0.717, 1.165) is 28.5 Å². The van der Waals surface area contributed by atoms with E-state index in [9.17, 15) is 9.59 Å². The lowest BCUT2D eigenvalue weighted by Gasteiger charge is -2.19. The molecule has 3 heterocycles. The van der Waals surface area contributed by atoms with Gasteiger partial charge in [0.25, 0.3) is 0 Å². The predicted octanol–water partition coefficient (Wildman–Crippen LogP) is 0.362. The minimum atomic E-state index is -0.576. The molecule has 2 atom stereocenters. The van der Waals surface area contributed by atoms with E-state index in [1.54, 1.807) is 12.7 Å². The lowest BCUT2D eigenvalue weighted by Crippen LogP contribution is -2.40. The van der Waals surface area contributed by atoms with Gasteiger partial charge >= 0.3 is 11.9 Å². The first kappa shape index (κ1) is 27.8. The Balaban J connectivity index is 1.73. The predicted molar refractivity (Wildman–Crippen MR) is 138 cm³/mol. The molecule has 0 spiro atoms. The van der Waals surface area contributed by atoms with Crippen LogP contribution in [0, 0.1) is 0 Å². The van der Waals surface area contributed by atoms with Crippen LogP contribution in [0.15, 0.2) is 37.2 Å². The molecule has 0 aromatic carbocycles. The van der Waals surface area contributed by atoms with Crippen LogP contribution in [-0.2, 0) is 59.1 Å². The van der Waals surface area contributed by atoms with Crippen molar-refractivity contribution in [3.63, 3.8) is 0 Å². The van der Waals surface area contributed by atoms with E-state index in [1.807, 2.05) is 66.8 Å². The Labute approximate surface area is 217 Å². The number of nitrogens with one attached hydrogen (secondary N) is 2. The maximum atomic E-state index is 12.4. The molecule has 0 fully saturated rings. The van der Waals surface area contributed by atoms with Gasteiger partial charge in [-0.3, -0.25) is 25.2 Å². The van der Waals surface area contributed by atoms with Crippen molar-refractivity contribution >= 4 is 17.6 Å². The van der Waals surface area contributed by atoms with Gasteiger partial charge in [-0.2, -0.15) is 0 Å². The summed E-state index contributed by atoms with van der Waals surface area (Å²) in [4.78, 5) is 40.2. The number of pyridine rings is 1. The van der Waals surface area contributed by atoms with E-state index >= 15 is 0 Å². The van der Waals surface area contributed by atoms with Crippen molar-refractivity contribution in [3.8, 4) is 0 Å². The van der Waals surface area contributed by atoms with Crippen molar-refractivity contribution in [2.24, 2.45) is 14.1 Å². The first-order valence-corrected chi connectivity index (χ1v) is 11.9. The van der Waals surface area contributed by atoms with Crippen molar-refractivity contribution in [1.29, 1.82) is 0 Å². The van der Waals surface area contributed by atoms with Gasteiger partial charge in [-0.1, -0.05) is 0 Å². The van der Waals surface area contributed by atoms with Crippen LogP contribution in [0.25, 0.3) is 0 Å². The molecule has 0 aliphatic heterocycles. The van der Waals surface area contributed by atoms with Crippen LogP contribution >= 0.6 is 0 Å². The van der Waals surface area contributed by atoms with E-state index in [2.05, 4.69) is 20.6 Å². The molecule has 0 aliphatic rings. The number of aromatic nitrogens is 5. The van der Waals surface area contributed by atoms with Crippen LogP contribution in [0.2, 0.25) is 0 Å². The average molecular weight is 513 g/mol. The maximum Gasteiger partial charge on any atom is 0.323 e. The Bertz CT molecular complexity index is 1100. The van der Waals surface area contributed by atoms with Gasteiger partial charge in [0.2, 0.25) is 0 Å². The summed E-state index contributed by atoms with van der Waals surface area (Å²) in [5.74, 6) is -0.738. The quantitative estimate of drug-likeness (QED) is 0.310. The van der Waals surface area contributed by atoms with Gasteiger partial charge in [0, 0.05) is 72.2 Å². The smallest absolute Gasteiger partial charge is 0.323 e. The van der Waals surface area contributed by atoms with Gasteiger partial charge in [-0.05, 0) is 12.1 Å². The first-order valence-electron chi connectivity index (χ1n) is 11.9. The highest BCUT2D eigenvalue weighted by Gasteiger charge is 2.22. The fraction of sp³-hybridized carbons (Fsp3) is 0.480.